The molecule has 0 saturated carbocycles. The number of fused-ring (bicyclic) bond motifs is 7. The number of anilines is 2. The first-order valence-corrected chi connectivity index (χ1v) is 46.9. The minimum atomic E-state index is -3.71. The van der Waals surface area contributed by atoms with Gasteiger partial charge in [-0.3, -0.25) is 28.7 Å². The molecule has 6 aliphatic heterocycles. The van der Waals surface area contributed by atoms with Crippen LogP contribution in [0.3, 0.4) is 0 Å². The molecule has 12 aromatic rings. The number of aliphatic hydroxyl groups is 2. The van der Waals surface area contributed by atoms with Crippen molar-refractivity contribution in [1.82, 2.24) is 97.8 Å². The number of benzene rings is 5. The standard InChI is InChI=1S/C23H26ClN7O3.C23H32N6O4S.C22H30N6O4S.C22H19N3O4/c24-19-9-15(4-5-16(19)13-32)10-27-21-18(22(34)28-12-20-25-6-2-7-26-20)11-29-23(30-21)31-8-1-3-17(31)14-33;1-5-8-20-24-16(4)21-23(30)25-22(26-29(20)21)18-15-17(9-10-19(18)33-7-3)34(31,32)28-13-11-27(6-2)12-14-28;1-5-7-17-19-20(27(4)25-17)22(29)24-21(23-19)16-14-15(8-9-18(16)32-6-2)33(30,31)28-12-10-26(3)11-13-28;1-24-10-19(26)25-16(22(24)27)9-14-13-4-2-3-5-15(13)23-20(14)21(25)12-6-7-17-18(8-12)29-11-28-17/h2,4-7,9,11,17,32-33H,1,3,8,10,12-14H2,(H,28,34)(H,27,29,30);9-10,15H,5-8,11-14H2,1-4H3,(H,25,26,30);8-9,14H,5-7,10-13H2,1-4H3,(H,23,24,29);2-8,16,21,23H,9-11H2,1H3/t17-;;;16-,21-/m0..1/s1. The van der Waals surface area contributed by atoms with E-state index in [2.05, 4.69) is 83.5 Å². The van der Waals surface area contributed by atoms with Gasteiger partial charge in [0.25, 0.3) is 17.0 Å². The molecule has 3 amide bonds. The largest absolute Gasteiger partial charge is 0.493 e. The molecule has 0 aliphatic carbocycles. The van der Waals surface area contributed by atoms with Crippen molar-refractivity contribution in [1.29, 1.82) is 0 Å². The number of halogens is 1. The Hall–Kier alpha value is -12.3. The van der Waals surface area contributed by atoms with Crippen LogP contribution in [0.2, 0.25) is 5.02 Å². The fourth-order valence-electron chi connectivity index (χ4n) is 17.0. The second-order valence-electron chi connectivity index (χ2n) is 32.3. The van der Waals surface area contributed by atoms with Gasteiger partial charge >= 0.3 is 0 Å². The molecule has 4 fully saturated rings. The number of aromatic nitrogens is 13. The number of nitrogens with one attached hydrogen (secondary N) is 5. The number of amides is 3. The zero-order valence-electron chi connectivity index (χ0n) is 74.0. The minimum Gasteiger partial charge on any atom is -0.493 e. The summed E-state index contributed by atoms with van der Waals surface area (Å²) >= 11 is 6.22. The number of carbonyl (C=O) groups is 3. The van der Waals surface area contributed by atoms with Gasteiger partial charge in [0.2, 0.25) is 44.6 Å². The molecule has 37 nitrogen and oxygen atoms in total. The summed E-state index contributed by atoms with van der Waals surface area (Å²) in [6.45, 7) is 19.2. The van der Waals surface area contributed by atoms with Gasteiger partial charge in [-0.15, -0.1) is 5.10 Å². The highest BCUT2D eigenvalue weighted by Gasteiger charge is 2.48. The van der Waals surface area contributed by atoms with Gasteiger partial charge in [-0.2, -0.15) is 18.7 Å². The monoisotopic (exact) mass is 1830 g/mol. The molecule has 686 valence electrons. The number of hydrogen-bond donors (Lipinski definition) is 7. The normalized spacial score (nSPS) is 17.3. The zero-order chi connectivity index (χ0) is 91.8. The molecule has 130 heavy (non-hydrogen) atoms. The van der Waals surface area contributed by atoms with E-state index in [1.807, 2.05) is 82.1 Å². The number of rotatable bonds is 25. The van der Waals surface area contributed by atoms with Gasteiger partial charge in [0, 0.05) is 133 Å². The second kappa shape index (κ2) is 40.4. The Morgan fingerprint density at radius 1 is 0.685 bits per heavy atom. The van der Waals surface area contributed by atoms with Crippen molar-refractivity contribution in [3.05, 3.63) is 204 Å². The van der Waals surface area contributed by atoms with Crippen molar-refractivity contribution in [3.8, 4) is 45.8 Å². The molecule has 40 heteroatoms. The Labute approximate surface area is 756 Å². The van der Waals surface area contributed by atoms with Crippen LogP contribution in [0.15, 0.2) is 141 Å². The number of sulfonamides is 2. The number of nitrogens with zero attached hydrogens (tertiary/aromatic N) is 17. The van der Waals surface area contributed by atoms with Gasteiger partial charge in [0.1, 0.15) is 51.9 Å². The first kappa shape index (κ1) is 92.4. The van der Waals surface area contributed by atoms with E-state index >= 15 is 0 Å². The molecule has 0 bridgehead atoms. The summed E-state index contributed by atoms with van der Waals surface area (Å²) in [6.07, 6.45) is 10.1. The van der Waals surface area contributed by atoms with Gasteiger partial charge in [-0.1, -0.05) is 75.2 Å². The Morgan fingerprint density at radius 3 is 2.02 bits per heavy atom. The highest BCUT2D eigenvalue weighted by atomic mass is 35.5. The molecule has 3 atom stereocenters. The quantitative estimate of drug-likeness (QED) is 0.0287. The fourth-order valence-corrected chi connectivity index (χ4v) is 20.2. The van der Waals surface area contributed by atoms with Crippen molar-refractivity contribution in [3.63, 3.8) is 0 Å². The first-order chi connectivity index (χ1) is 62.7. The lowest BCUT2D eigenvalue weighted by Crippen LogP contribution is -2.62. The molecule has 0 unspecified atom stereocenters. The van der Waals surface area contributed by atoms with E-state index in [-0.39, 0.29) is 101 Å². The third-order valence-electron chi connectivity index (χ3n) is 23.8. The maximum Gasteiger partial charge on any atom is 0.277 e. The molecule has 5 aromatic carbocycles. The summed E-state index contributed by atoms with van der Waals surface area (Å²) in [6, 6.07) is 29.4. The molecule has 13 heterocycles. The summed E-state index contributed by atoms with van der Waals surface area (Å²) in [5, 5.41) is 35.7. The first-order valence-electron chi connectivity index (χ1n) is 43.6. The number of aliphatic hydroxyl groups excluding tert-OH is 2. The average molecular weight is 1840 g/mol. The highest BCUT2D eigenvalue weighted by molar-refractivity contribution is 7.89. The number of para-hydroxylation sites is 1. The fraction of sp³-hybridized carbons (Fsp3) is 0.411. The van der Waals surface area contributed by atoms with E-state index in [0.717, 1.165) is 77.8 Å². The second-order valence-corrected chi connectivity index (χ2v) is 36.6. The van der Waals surface area contributed by atoms with Crippen LogP contribution in [0.25, 0.3) is 50.2 Å². The average Bonchev–Trinajstić information content (AvgIpc) is 1.53. The SMILES string of the molecule is CCCc1nc(C)c2c(=O)[nH]c(-c3cc(S(=O)(=O)N4CCN(CC)CC4)ccc3OCC)nn12.CCCc1nn(C)c2c(=O)[nH]c(-c3cc(S(=O)(=O)N4CCN(C)CC4)ccc3OCC)nc12.CN1CC(=O)N2[C@H](c3ccc4c(c3)OCO4)c3[nH]c4ccccc4c3C[C@@H]2C1=O.O=C(NCc1ncccn1)c1cnc(N2CCC[C@H]2CO)nc1NCc1ccc(CO)c(Cl)c1. The third kappa shape index (κ3) is 19.4. The predicted octanol–water partition coefficient (Wildman–Crippen LogP) is 7.81. The van der Waals surface area contributed by atoms with Gasteiger partial charge in [-0.25, -0.2) is 46.3 Å². The van der Waals surface area contributed by atoms with Crippen LogP contribution in [0.1, 0.15) is 128 Å². The van der Waals surface area contributed by atoms with Crippen LogP contribution < -0.4 is 45.6 Å². The van der Waals surface area contributed by atoms with Crippen molar-refractivity contribution in [2.45, 2.75) is 134 Å². The molecular formula is C90H107ClN22O15S2. The van der Waals surface area contributed by atoms with E-state index in [1.54, 1.807) is 97.4 Å². The molecular weight excluding hydrogens is 1730 g/mol. The lowest BCUT2D eigenvalue weighted by molar-refractivity contribution is -0.157. The molecule has 6 aliphatic rings. The number of imidazole rings is 1. The van der Waals surface area contributed by atoms with Crippen molar-refractivity contribution in [2.24, 2.45) is 7.05 Å². The zero-order valence-corrected chi connectivity index (χ0v) is 76.3. The van der Waals surface area contributed by atoms with E-state index in [9.17, 15) is 51.0 Å². The number of H-pyrrole nitrogens is 3. The summed E-state index contributed by atoms with van der Waals surface area (Å²) < 4.78 is 82.1. The third-order valence-corrected chi connectivity index (χ3v) is 27.9. The predicted molar refractivity (Wildman–Crippen MR) is 488 cm³/mol. The van der Waals surface area contributed by atoms with Crippen molar-refractivity contribution < 1.29 is 60.4 Å². The van der Waals surface area contributed by atoms with Crippen LogP contribution in [-0.2, 0) is 75.6 Å². The Bertz CT molecular complexity index is 6540. The number of likely N-dealkylation sites (N-methyl/N-ethyl adjacent to an activating group) is 3. The van der Waals surface area contributed by atoms with E-state index < -0.39 is 26.1 Å². The Kier molecular flexibility index (Phi) is 28.7. The maximum atomic E-state index is 13.4. The van der Waals surface area contributed by atoms with Crippen LogP contribution in [0, 0.1) is 6.92 Å². The van der Waals surface area contributed by atoms with Crippen LogP contribution >= 0.6 is 11.6 Å². The molecule has 7 aromatic heterocycles. The van der Waals surface area contributed by atoms with E-state index in [1.165, 1.54) is 24.4 Å². The van der Waals surface area contributed by atoms with Gasteiger partial charge in [0.15, 0.2) is 28.4 Å². The smallest absolute Gasteiger partial charge is 0.277 e. The lowest BCUT2D eigenvalue weighted by atomic mass is 9.86. The van der Waals surface area contributed by atoms with Gasteiger partial charge in [0.05, 0.1) is 83.9 Å². The number of aryl methyl sites for hydroxylation is 4. The van der Waals surface area contributed by atoms with E-state index in [0.29, 0.717) is 182 Å². The van der Waals surface area contributed by atoms with E-state index in [4.69, 9.17) is 35.5 Å². The summed E-state index contributed by atoms with van der Waals surface area (Å²) in [5.74, 6) is 4.33. The number of carbonyl (C=O) groups excluding carboxylic acids is 3. The summed E-state index contributed by atoms with van der Waals surface area (Å²) in [4.78, 5) is 110. The van der Waals surface area contributed by atoms with Crippen LogP contribution in [-0.4, -0.2) is 262 Å². The maximum absolute atomic E-state index is 13.4. The van der Waals surface area contributed by atoms with Crippen LogP contribution in [0.4, 0.5) is 11.8 Å². The minimum absolute atomic E-state index is 0.0150. The number of ether oxygens (including phenoxy) is 4. The highest BCUT2D eigenvalue weighted by Crippen LogP contribution is 2.46. The number of aromatic amines is 3. The van der Waals surface area contributed by atoms with Crippen molar-refractivity contribution in [2.75, 3.05) is 123 Å². The summed E-state index contributed by atoms with van der Waals surface area (Å²) in [7, 11) is -2.02. The summed E-state index contributed by atoms with van der Waals surface area (Å²) in [5.41, 5.74) is 8.59. The molecule has 18 rings (SSSR count). The Balaban J connectivity index is 0.000000133. The molecule has 4 saturated heterocycles. The topological polar surface area (TPSA) is 438 Å². The molecule has 0 spiro atoms. The lowest BCUT2D eigenvalue weighted by Gasteiger charge is -2.46. The van der Waals surface area contributed by atoms with Gasteiger partial charge < -0.3 is 79.2 Å². The Morgan fingerprint density at radius 2 is 1.35 bits per heavy atom. The number of piperazine rings is 3. The van der Waals surface area contributed by atoms with Crippen LogP contribution in [0.5, 0.6) is 23.0 Å². The molecule has 0 radical (unpaired) electrons. The number of hydrogen-bond acceptors (Lipinski definition) is 27. The van der Waals surface area contributed by atoms with Gasteiger partial charge in [-0.05, 0) is 149 Å². The van der Waals surface area contributed by atoms with Crippen molar-refractivity contribution >= 4 is 88.6 Å². The molecule has 7 N–H and O–H groups in total.